The molecular weight excluding hydrogens is 222 g/mol. The molecule has 0 aromatic heterocycles. The minimum absolute atomic E-state index is 0.469. The molecule has 3 rings (SSSR count). The summed E-state index contributed by atoms with van der Waals surface area (Å²) in [7, 11) is 2.26. The zero-order chi connectivity index (χ0) is 12.9. The van der Waals surface area contributed by atoms with Gasteiger partial charge in [-0.15, -0.1) is 0 Å². The zero-order valence-electron chi connectivity index (χ0n) is 11.6. The second kappa shape index (κ2) is 4.27. The van der Waals surface area contributed by atoms with Crippen molar-refractivity contribution in [3.05, 3.63) is 28.8 Å². The Balaban J connectivity index is 2.12. The Morgan fingerprint density at radius 3 is 2.83 bits per heavy atom. The molecule has 1 aliphatic carbocycles. The summed E-state index contributed by atoms with van der Waals surface area (Å²) in [6.45, 7) is 5.51. The van der Waals surface area contributed by atoms with Gasteiger partial charge in [0.2, 0.25) is 0 Å². The van der Waals surface area contributed by atoms with Crippen LogP contribution in [0.15, 0.2) is 12.1 Å². The number of phenols is 1. The molecule has 0 amide bonds. The van der Waals surface area contributed by atoms with Crippen molar-refractivity contribution in [1.29, 1.82) is 0 Å². The quantitative estimate of drug-likeness (QED) is 0.759. The average Bonchev–Trinajstić information content (AvgIpc) is 2.65. The van der Waals surface area contributed by atoms with Crippen molar-refractivity contribution in [2.45, 2.75) is 45.1 Å². The van der Waals surface area contributed by atoms with E-state index in [4.69, 9.17) is 0 Å². The van der Waals surface area contributed by atoms with E-state index >= 15 is 0 Å². The van der Waals surface area contributed by atoms with E-state index in [1.54, 1.807) is 0 Å². The fourth-order valence-electron chi connectivity index (χ4n) is 3.94. The van der Waals surface area contributed by atoms with Crippen LogP contribution < -0.4 is 0 Å². The van der Waals surface area contributed by atoms with E-state index in [1.807, 2.05) is 13.0 Å². The molecule has 0 radical (unpaired) electrons. The number of aromatic hydroxyl groups is 1. The van der Waals surface area contributed by atoms with Gasteiger partial charge in [0.15, 0.2) is 0 Å². The van der Waals surface area contributed by atoms with Gasteiger partial charge in [0.1, 0.15) is 5.75 Å². The summed E-state index contributed by atoms with van der Waals surface area (Å²) in [5, 5.41) is 10.0. The molecule has 2 nitrogen and oxygen atoms in total. The number of rotatable bonds is 0. The molecule has 2 heteroatoms. The third kappa shape index (κ3) is 1.74. The highest BCUT2D eigenvalue weighted by Crippen LogP contribution is 2.45. The molecule has 2 aliphatic rings. The first-order valence-electron chi connectivity index (χ1n) is 7.10. The standard InChI is InChI=1S/C16H23NO/c1-10-4-5-14-16(10)13-9-15(18)11(2)8-12(13)6-7-17(14)3/h8-10,14,16,18H,4-7H2,1-3H3/t10-,14+,16-/m1/s1. The van der Waals surface area contributed by atoms with Crippen LogP contribution in [0.2, 0.25) is 0 Å². The van der Waals surface area contributed by atoms with Crippen LogP contribution in [-0.2, 0) is 6.42 Å². The molecule has 1 saturated carbocycles. The number of hydrogen-bond donors (Lipinski definition) is 1. The molecule has 3 atom stereocenters. The van der Waals surface area contributed by atoms with Crippen molar-refractivity contribution in [2.24, 2.45) is 5.92 Å². The Kier molecular flexibility index (Phi) is 2.86. The second-order valence-electron chi connectivity index (χ2n) is 6.22. The van der Waals surface area contributed by atoms with Crippen LogP contribution >= 0.6 is 0 Å². The van der Waals surface area contributed by atoms with E-state index in [9.17, 15) is 5.11 Å². The van der Waals surface area contributed by atoms with E-state index in [-0.39, 0.29) is 0 Å². The summed E-state index contributed by atoms with van der Waals surface area (Å²) in [6, 6.07) is 4.92. The smallest absolute Gasteiger partial charge is 0.118 e. The molecule has 1 fully saturated rings. The number of benzene rings is 1. The minimum Gasteiger partial charge on any atom is -0.508 e. The molecule has 0 spiro atoms. The fraction of sp³-hybridized carbons (Fsp3) is 0.625. The maximum Gasteiger partial charge on any atom is 0.118 e. The van der Waals surface area contributed by atoms with Crippen LogP contribution in [0, 0.1) is 12.8 Å². The van der Waals surface area contributed by atoms with Crippen LogP contribution in [0.5, 0.6) is 5.75 Å². The molecule has 0 unspecified atom stereocenters. The fourth-order valence-corrected chi connectivity index (χ4v) is 3.94. The van der Waals surface area contributed by atoms with Crippen LogP contribution in [0.4, 0.5) is 0 Å². The van der Waals surface area contributed by atoms with E-state index in [2.05, 4.69) is 24.9 Å². The Labute approximate surface area is 110 Å². The van der Waals surface area contributed by atoms with Gasteiger partial charge in [-0.1, -0.05) is 13.0 Å². The van der Waals surface area contributed by atoms with Crippen LogP contribution in [-0.4, -0.2) is 29.6 Å². The molecule has 18 heavy (non-hydrogen) atoms. The molecule has 0 bridgehead atoms. The first-order valence-corrected chi connectivity index (χ1v) is 7.10. The van der Waals surface area contributed by atoms with Crippen molar-refractivity contribution in [3.8, 4) is 5.75 Å². The molecular formula is C16H23NO. The van der Waals surface area contributed by atoms with Gasteiger partial charge < -0.3 is 10.0 Å². The van der Waals surface area contributed by atoms with Gasteiger partial charge in [-0.2, -0.15) is 0 Å². The number of likely N-dealkylation sites (N-methyl/N-ethyl adjacent to an activating group) is 1. The first kappa shape index (κ1) is 12.0. The van der Waals surface area contributed by atoms with Gasteiger partial charge in [-0.25, -0.2) is 0 Å². The summed E-state index contributed by atoms with van der Waals surface area (Å²) in [5.74, 6) is 1.81. The number of hydrogen-bond acceptors (Lipinski definition) is 2. The predicted octanol–water partition coefficient (Wildman–Crippen LogP) is 3.07. The average molecular weight is 245 g/mol. The Bertz CT molecular complexity index is 468. The van der Waals surface area contributed by atoms with E-state index in [0.717, 1.165) is 24.4 Å². The SMILES string of the molecule is Cc1cc2c(cc1O)[C@H]1[C@H](C)CC[C@@H]1N(C)CC2. The highest BCUT2D eigenvalue weighted by Gasteiger charge is 2.39. The topological polar surface area (TPSA) is 23.5 Å². The lowest BCUT2D eigenvalue weighted by molar-refractivity contribution is 0.231. The van der Waals surface area contributed by atoms with Crippen LogP contribution in [0.3, 0.4) is 0 Å². The normalized spacial score (nSPS) is 31.8. The van der Waals surface area contributed by atoms with Gasteiger partial charge in [0, 0.05) is 18.5 Å². The minimum atomic E-state index is 0.469. The Morgan fingerprint density at radius 2 is 2.06 bits per heavy atom. The summed E-state index contributed by atoms with van der Waals surface area (Å²) in [5.41, 5.74) is 3.89. The Hall–Kier alpha value is -1.02. The number of aryl methyl sites for hydroxylation is 1. The molecule has 1 aromatic carbocycles. The molecule has 98 valence electrons. The van der Waals surface area contributed by atoms with Crippen molar-refractivity contribution in [1.82, 2.24) is 4.90 Å². The summed E-state index contributed by atoms with van der Waals surface area (Å²) in [6.07, 6.45) is 3.73. The van der Waals surface area contributed by atoms with Crippen molar-refractivity contribution in [2.75, 3.05) is 13.6 Å². The van der Waals surface area contributed by atoms with Crippen molar-refractivity contribution in [3.63, 3.8) is 0 Å². The largest absolute Gasteiger partial charge is 0.508 e. The molecule has 1 aliphatic heterocycles. The van der Waals surface area contributed by atoms with Gasteiger partial charge in [-0.05, 0) is 61.9 Å². The van der Waals surface area contributed by atoms with E-state index in [0.29, 0.717) is 17.7 Å². The van der Waals surface area contributed by atoms with E-state index in [1.165, 1.54) is 24.0 Å². The summed E-state index contributed by atoms with van der Waals surface area (Å²) < 4.78 is 0. The second-order valence-corrected chi connectivity index (χ2v) is 6.22. The number of nitrogens with zero attached hydrogens (tertiary/aromatic N) is 1. The highest BCUT2D eigenvalue weighted by molar-refractivity contribution is 5.45. The summed E-state index contributed by atoms with van der Waals surface area (Å²) >= 11 is 0. The van der Waals surface area contributed by atoms with Gasteiger partial charge in [0.25, 0.3) is 0 Å². The summed E-state index contributed by atoms with van der Waals surface area (Å²) in [4.78, 5) is 2.53. The van der Waals surface area contributed by atoms with Gasteiger partial charge in [-0.3, -0.25) is 0 Å². The van der Waals surface area contributed by atoms with Crippen LogP contribution in [0.1, 0.15) is 42.4 Å². The predicted molar refractivity (Wildman–Crippen MR) is 74.1 cm³/mol. The monoisotopic (exact) mass is 245 g/mol. The lowest BCUT2D eigenvalue weighted by atomic mass is 9.84. The molecule has 0 saturated heterocycles. The maximum atomic E-state index is 10.0. The maximum absolute atomic E-state index is 10.0. The van der Waals surface area contributed by atoms with Crippen molar-refractivity contribution >= 4 is 0 Å². The first-order chi connectivity index (χ1) is 8.58. The molecule has 1 heterocycles. The zero-order valence-corrected chi connectivity index (χ0v) is 11.6. The van der Waals surface area contributed by atoms with Gasteiger partial charge >= 0.3 is 0 Å². The highest BCUT2D eigenvalue weighted by atomic mass is 16.3. The van der Waals surface area contributed by atoms with Crippen molar-refractivity contribution < 1.29 is 5.11 Å². The number of fused-ring (bicyclic) bond motifs is 3. The lowest BCUT2D eigenvalue weighted by Crippen LogP contribution is -2.33. The lowest BCUT2D eigenvalue weighted by Gasteiger charge is -2.29. The third-order valence-electron chi connectivity index (χ3n) is 5.06. The van der Waals surface area contributed by atoms with Crippen LogP contribution in [0.25, 0.3) is 0 Å². The number of phenolic OH excluding ortho intramolecular Hbond substituents is 1. The van der Waals surface area contributed by atoms with E-state index < -0.39 is 0 Å². The molecule has 1 N–H and O–H groups in total. The van der Waals surface area contributed by atoms with Gasteiger partial charge in [0.05, 0.1) is 0 Å². The third-order valence-corrected chi connectivity index (χ3v) is 5.06. The molecule has 1 aromatic rings. The Morgan fingerprint density at radius 1 is 1.28 bits per heavy atom.